The lowest BCUT2D eigenvalue weighted by Crippen LogP contribution is -2.55. The molecule has 3 aromatic carbocycles. The van der Waals surface area contributed by atoms with Gasteiger partial charge in [0.25, 0.3) is 11.8 Å². The molecule has 3 aromatic rings. The number of rotatable bonds is 7. The van der Waals surface area contributed by atoms with Gasteiger partial charge in [0.05, 0.1) is 25.0 Å². The summed E-state index contributed by atoms with van der Waals surface area (Å²) >= 11 is 3.58. The first-order chi connectivity index (χ1) is 22.5. The average Bonchev–Trinajstić information content (AvgIpc) is 3.60. The number of halogens is 2. The van der Waals surface area contributed by atoms with Crippen molar-refractivity contribution in [3.8, 4) is 0 Å². The number of amides is 2. The molecular weight excluding hydrogens is 679 g/mol. The van der Waals surface area contributed by atoms with Gasteiger partial charge in [-0.05, 0) is 93.5 Å². The van der Waals surface area contributed by atoms with Crippen molar-refractivity contribution < 1.29 is 23.5 Å². The first kappa shape index (κ1) is 32.5. The highest BCUT2D eigenvalue weighted by atomic mass is 79.9. The van der Waals surface area contributed by atoms with Crippen molar-refractivity contribution >= 4 is 53.2 Å². The second-order valence-electron chi connectivity index (χ2n) is 13.9. The molecular formula is C36H42BrFN4O4Si. The summed E-state index contributed by atoms with van der Waals surface area (Å²) in [5.74, 6) is -0.493. The van der Waals surface area contributed by atoms with Crippen molar-refractivity contribution in [2.75, 3.05) is 41.1 Å². The van der Waals surface area contributed by atoms with Crippen LogP contribution in [0.1, 0.15) is 37.3 Å². The van der Waals surface area contributed by atoms with Crippen LogP contribution in [0.25, 0.3) is 0 Å². The molecule has 248 valence electrons. The highest BCUT2D eigenvalue weighted by Crippen LogP contribution is 2.60. The summed E-state index contributed by atoms with van der Waals surface area (Å²) in [5.41, 5.74) is 1.90. The van der Waals surface area contributed by atoms with E-state index in [9.17, 15) is 14.7 Å². The molecule has 0 aromatic heterocycles. The van der Waals surface area contributed by atoms with E-state index in [1.165, 1.54) is 0 Å². The van der Waals surface area contributed by atoms with Gasteiger partial charge >= 0.3 is 0 Å². The Labute approximate surface area is 285 Å². The molecule has 0 bridgehead atoms. The number of hydrogen-bond donors (Lipinski definition) is 2. The lowest BCUT2D eigenvalue weighted by atomic mass is 9.82. The van der Waals surface area contributed by atoms with Gasteiger partial charge < -0.3 is 29.1 Å². The maximum atomic E-state index is 15.8. The van der Waals surface area contributed by atoms with Crippen LogP contribution >= 0.6 is 15.9 Å². The molecule has 0 aliphatic carbocycles. The van der Waals surface area contributed by atoms with Crippen molar-refractivity contribution in [1.29, 1.82) is 0 Å². The van der Waals surface area contributed by atoms with Crippen molar-refractivity contribution in [3.05, 3.63) is 88.4 Å². The Bertz CT molecular complexity index is 1670. The number of carbonyl (C=O) groups is 2. The third kappa shape index (κ3) is 5.16. The van der Waals surface area contributed by atoms with Crippen LogP contribution in [0.3, 0.4) is 0 Å². The van der Waals surface area contributed by atoms with Gasteiger partial charge in [0.1, 0.15) is 5.54 Å². The maximum absolute atomic E-state index is 15.8. The summed E-state index contributed by atoms with van der Waals surface area (Å²) < 4.78 is 23.3. The van der Waals surface area contributed by atoms with E-state index in [-0.39, 0.29) is 24.8 Å². The second kappa shape index (κ2) is 12.1. The van der Waals surface area contributed by atoms with Crippen LogP contribution in [0, 0.1) is 5.92 Å². The van der Waals surface area contributed by atoms with E-state index in [1.807, 2.05) is 72.5 Å². The number of carbonyl (C=O) groups excluding carboxylic acids is 2. The fourth-order valence-corrected chi connectivity index (χ4v) is 11.6. The molecule has 2 N–H and O–H groups in total. The van der Waals surface area contributed by atoms with Gasteiger partial charge in [-0.15, -0.1) is 0 Å². The van der Waals surface area contributed by atoms with Crippen molar-refractivity contribution in [2.24, 2.45) is 5.92 Å². The highest BCUT2D eigenvalue weighted by molar-refractivity contribution is 9.10. The molecule has 2 amide bonds. The van der Waals surface area contributed by atoms with Crippen LogP contribution in [-0.2, 0) is 26.5 Å². The molecule has 0 unspecified atom stereocenters. The number of anilines is 3. The number of fused-ring (bicyclic) bond motifs is 2. The van der Waals surface area contributed by atoms with Gasteiger partial charge in [0, 0.05) is 39.5 Å². The molecule has 4 heterocycles. The lowest BCUT2D eigenvalue weighted by molar-refractivity contribution is -0.146. The van der Waals surface area contributed by atoms with E-state index in [4.69, 9.17) is 4.74 Å². The number of piperidine rings is 1. The largest absolute Gasteiger partial charge is 0.396 e. The molecule has 8 nitrogen and oxygen atoms in total. The average molecular weight is 722 g/mol. The van der Waals surface area contributed by atoms with Gasteiger partial charge in [-0.3, -0.25) is 14.5 Å². The first-order valence-corrected chi connectivity index (χ1v) is 20.3. The number of para-hydroxylation sites is 1. The Morgan fingerprint density at radius 1 is 1.00 bits per heavy atom. The minimum absolute atomic E-state index is 0.116. The molecule has 11 heteroatoms. The van der Waals surface area contributed by atoms with Crippen molar-refractivity contribution in [3.63, 3.8) is 0 Å². The standard InChI is InChI=1S/C36H42BrFN4O4Si/c1-24-32(47(2,3)38)31(15-20-43)46-36(24)29-21-26(37)11-14-30(29)40(34(36)45)22-25-9-12-27(13-10-25)41-23-42(28-7-5-4-6-8-28)35(33(41)44)16-18-39-19-17-35/h4-14,21,24,31-32,39,43H,15-20,22-23H2,1-3H3/t24-,31+,32-,36+/m0/s1. The Morgan fingerprint density at radius 3 is 2.36 bits per heavy atom. The number of nitrogens with zero attached hydrogens (tertiary/aromatic N) is 3. The van der Waals surface area contributed by atoms with E-state index < -0.39 is 37.1 Å². The van der Waals surface area contributed by atoms with Gasteiger partial charge in [-0.2, -0.15) is 0 Å². The Balaban J connectivity index is 1.18. The zero-order valence-corrected chi connectivity index (χ0v) is 29.7. The molecule has 2 spiro atoms. The van der Waals surface area contributed by atoms with Crippen molar-refractivity contribution in [1.82, 2.24) is 5.32 Å². The zero-order chi connectivity index (χ0) is 33.1. The third-order valence-corrected chi connectivity index (χ3v) is 13.8. The number of hydrogen-bond acceptors (Lipinski definition) is 6. The molecule has 3 saturated heterocycles. The summed E-state index contributed by atoms with van der Waals surface area (Å²) in [4.78, 5) is 34.6. The third-order valence-electron chi connectivity index (χ3n) is 10.9. The van der Waals surface area contributed by atoms with E-state index in [0.717, 1.165) is 58.6 Å². The molecule has 0 radical (unpaired) electrons. The summed E-state index contributed by atoms with van der Waals surface area (Å²) in [7, 11) is -3.27. The molecule has 4 atom stereocenters. The van der Waals surface area contributed by atoms with E-state index in [1.54, 1.807) is 18.0 Å². The minimum atomic E-state index is -3.27. The van der Waals surface area contributed by atoms with Gasteiger partial charge in [-0.25, -0.2) is 0 Å². The predicted molar refractivity (Wildman–Crippen MR) is 188 cm³/mol. The van der Waals surface area contributed by atoms with Crippen LogP contribution in [0.15, 0.2) is 77.3 Å². The van der Waals surface area contributed by atoms with E-state index >= 15 is 4.11 Å². The predicted octanol–water partition coefficient (Wildman–Crippen LogP) is 6.09. The van der Waals surface area contributed by atoms with Crippen LogP contribution in [0.5, 0.6) is 0 Å². The molecule has 7 rings (SSSR count). The Morgan fingerprint density at radius 2 is 1.70 bits per heavy atom. The highest BCUT2D eigenvalue weighted by Gasteiger charge is 2.66. The summed E-state index contributed by atoms with van der Waals surface area (Å²) in [6, 6.07) is 23.8. The van der Waals surface area contributed by atoms with Gasteiger partial charge in [0.2, 0.25) is 8.41 Å². The Kier molecular flexibility index (Phi) is 8.36. The molecule has 47 heavy (non-hydrogen) atoms. The summed E-state index contributed by atoms with van der Waals surface area (Å²) in [5, 5.41) is 13.2. The molecule has 3 fully saturated rings. The van der Waals surface area contributed by atoms with Crippen LogP contribution in [0.2, 0.25) is 18.6 Å². The number of aliphatic hydroxyl groups is 1. The van der Waals surface area contributed by atoms with Crippen molar-refractivity contribution in [2.45, 2.75) is 68.6 Å². The number of aliphatic hydroxyl groups excluding tert-OH is 1. The topological polar surface area (TPSA) is 85.3 Å². The smallest absolute Gasteiger partial charge is 0.264 e. The fourth-order valence-electron chi connectivity index (χ4n) is 8.70. The Hall–Kier alpha value is -3.09. The molecule has 0 saturated carbocycles. The lowest BCUT2D eigenvalue weighted by Gasteiger charge is -2.39. The minimum Gasteiger partial charge on any atom is -0.396 e. The maximum Gasteiger partial charge on any atom is 0.264 e. The molecule has 4 aliphatic rings. The van der Waals surface area contributed by atoms with E-state index in [0.29, 0.717) is 13.2 Å². The summed E-state index contributed by atoms with van der Waals surface area (Å²) in [6.07, 6.45) is 1.22. The van der Waals surface area contributed by atoms with Gasteiger partial charge in [-0.1, -0.05) is 53.2 Å². The second-order valence-corrected chi connectivity index (χ2v) is 18.6. The van der Waals surface area contributed by atoms with Crippen LogP contribution < -0.4 is 20.0 Å². The zero-order valence-electron chi connectivity index (χ0n) is 27.1. The SMILES string of the molecule is C[C@H]1[C@H]([Si](C)(C)F)[C@@H](CCO)O[C@]12C(=O)N(Cc1ccc(N3CN(c4ccccc4)C4(CCNCC4)C3=O)cc1)c1ccc(Br)cc12. The van der Waals surface area contributed by atoms with E-state index in [2.05, 4.69) is 38.3 Å². The monoisotopic (exact) mass is 720 g/mol. The van der Waals surface area contributed by atoms with Crippen LogP contribution in [0.4, 0.5) is 21.2 Å². The number of nitrogens with one attached hydrogen (secondary N) is 1. The first-order valence-electron chi connectivity index (χ1n) is 16.6. The van der Waals surface area contributed by atoms with Crippen LogP contribution in [-0.4, -0.2) is 63.3 Å². The normalized spacial score (nSPS) is 27.0. The molecule has 4 aliphatic heterocycles. The quantitative estimate of drug-likeness (QED) is 0.227. The fraction of sp³-hybridized carbons (Fsp3) is 0.444. The number of benzene rings is 3. The van der Waals surface area contributed by atoms with Gasteiger partial charge in [0.15, 0.2) is 5.60 Å². The number of ether oxygens (including phenoxy) is 1. The summed E-state index contributed by atoms with van der Waals surface area (Å²) in [6.45, 7) is 7.48.